The van der Waals surface area contributed by atoms with Gasteiger partial charge >= 0.3 is 11.9 Å². The number of aryl methyl sites for hydroxylation is 2. The monoisotopic (exact) mass is 340 g/mol. The average molecular weight is 340 g/mol. The van der Waals surface area contributed by atoms with Gasteiger partial charge in [-0.3, -0.25) is 0 Å². The molecule has 2 aromatic rings. The third-order valence-corrected chi connectivity index (χ3v) is 3.98. The lowest BCUT2D eigenvalue weighted by Gasteiger charge is -2.13. The van der Waals surface area contributed by atoms with Crippen LogP contribution < -0.4 is 11.5 Å². The third-order valence-electron chi connectivity index (χ3n) is 3.98. The van der Waals surface area contributed by atoms with Crippen molar-refractivity contribution in [1.82, 2.24) is 0 Å². The van der Waals surface area contributed by atoms with E-state index in [4.69, 9.17) is 16.2 Å². The lowest BCUT2D eigenvalue weighted by molar-refractivity contribution is -0.161. The number of benzene rings is 2. The zero-order valence-electron chi connectivity index (χ0n) is 14.1. The minimum atomic E-state index is -0.842. The molecule has 0 aromatic heterocycles. The Bertz CT molecular complexity index is 614. The van der Waals surface area contributed by atoms with Crippen molar-refractivity contribution in [1.29, 1.82) is 0 Å². The Labute approximate surface area is 148 Å². The normalized spacial score (nSPS) is 13.0. The number of carbonyl (C=O) groups excluding carboxylic acids is 2. The van der Waals surface area contributed by atoms with Gasteiger partial charge in [-0.25, -0.2) is 9.59 Å². The lowest BCUT2D eigenvalue weighted by atomic mass is 10.1. The number of rotatable bonds is 8. The van der Waals surface area contributed by atoms with Crippen LogP contribution in [0.25, 0.3) is 0 Å². The van der Waals surface area contributed by atoms with Crippen molar-refractivity contribution in [2.75, 3.05) is 0 Å². The summed E-state index contributed by atoms with van der Waals surface area (Å²) in [4.78, 5) is 23.9. The Hall–Kier alpha value is -2.50. The second kappa shape index (κ2) is 9.71. The molecule has 132 valence electrons. The molecule has 5 heteroatoms. The number of nitrogens with two attached hydrogens (primary N) is 2. The van der Waals surface area contributed by atoms with E-state index in [0.717, 1.165) is 11.1 Å². The van der Waals surface area contributed by atoms with Crippen LogP contribution in [0.15, 0.2) is 60.7 Å². The van der Waals surface area contributed by atoms with Crippen LogP contribution in [0.2, 0.25) is 0 Å². The molecule has 2 unspecified atom stereocenters. The molecule has 0 aliphatic heterocycles. The van der Waals surface area contributed by atoms with E-state index in [0.29, 0.717) is 25.7 Å². The van der Waals surface area contributed by atoms with Gasteiger partial charge in [0, 0.05) is 0 Å². The molecule has 25 heavy (non-hydrogen) atoms. The zero-order valence-corrected chi connectivity index (χ0v) is 14.1. The standard InChI is InChI=1S/C20H24N2O3/c21-17(13-11-15-7-3-1-4-8-15)19(23)25-20(24)18(22)14-12-16-9-5-2-6-10-16/h1-10,17-18H,11-14,21-22H2. The maximum atomic E-state index is 11.9. The molecule has 5 nitrogen and oxygen atoms in total. The molecule has 0 radical (unpaired) electrons. The Morgan fingerprint density at radius 2 is 1.08 bits per heavy atom. The highest BCUT2D eigenvalue weighted by molar-refractivity contribution is 5.90. The Morgan fingerprint density at radius 1 is 0.720 bits per heavy atom. The van der Waals surface area contributed by atoms with E-state index < -0.39 is 24.0 Å². The maximum Gasteiger partial charge on any atom is 0.330 e. The first-order chi connectivity index (χ1) is 12.1. The zero-order chi connectivity index (χ0) is 18.1. The molecule has 0 saturated heterocycles. The van der Waals surface area contributed by atoms with Crippen LogP contribution in [0.3, 0.4) is 0 Å². The first-order valence-corrected chi connectivity index (χ1v) is 8.41. The molecule has 0 fully saturated rings. The van der Waals surface area contributed by atoms with Gasteiger partial charge in [-0.1, -0.05) is 60.7 Å². The molecule has 2 rings (SSSR count). The quantitative estimate of drug-likeness (QED) is 0.566. The van der Waals surface area contributed by atoms with Crippen LogP contribution in [0.4, 0.5) is 0 Å². The molecule has 0 amide bonds. The molecule has 0 spiro atoms. The van der Waals surface area contributed by atoms with Crippen LogP contribution in [0, 0.1) is 0 Å². The highest BCUT2D eigenvalue weighted by Gasteiger charge is 2.23. The Balaban J connectivity index is 1.73. The number of hydrogen-bond acceptors (Lipinski definition) is 5. The first-order valence-electron chi connectivity index (χ1n) is 8.41. The summed E-state index contributed by atoms with van der Waals surface area (Å²) >= 11 is 0. The molecule has 0 bridgehead atoms. The van der Waals surface area contributed by atoms with Crippen molar-refractivity contribution in [3.8, 4) is 0 Å². The average Bonchev–Trinajstić information content (AvgIpc) is 2.65. The van der Waals surface area contributed by atoms with E-state index >= 15 is 0 Å². The highest BCUT2D eigenvalue weighted by atomic mass is 16.6. The fraction of sp³-hybridized carbons (Fsp3) is 0.300. The van der Waals surface area contributed by atoms with Gasteiger partial charge in [-0.2, -0.15) is 0 Å². The molecule has 4 N–H and O–H groups in total. The van der Waals surface area contributed by atoms with Gasteiger partial charge in [0.05, 0.1) is 0 Å². The predicted octanol–water partition coefficient (Wildman–Crippen LogP) is 1.98. The summed E-state index contributed by atoms with van der Waals surface area (Å²) in [6.45, 7) is 0. The van der Waals surface area contributed by atoms with Gasteiger partial charge in [0.25, 0.3) is 0 Å². The van der Waals surface area contributed by atoms with E-state index in [-0.39, 0.29) is 0 Å². The van der Waals surface area contributed by atoms with E-state index in [1.54, 1.807) is 0 Å². The fourth-order valence-electron chi connectivity index (χ4n) is 2.42. The smallest absolute Gasteiger partial charge is 0.330 e. The van der Waals surface area contributed by atoms with E-state index in [2.05, 4.69) is 0 Å². The van der Waals surface area contributed by atoms with Crippen molar-refractivity contribution >= 4 is 11.9 Å². The van der Waals surface area contributed by atoms with Gasteiger partial charge in [-0.15, -0.1) is 0 Å². The molecule has 0 aliphatic rings. The van der Waals surface area contributed by atoms with Crippen molar-refractivity contribution in [2.24, 2.45) is 11.5 Å². The van der Waals surface area contributed by atoms with Crippen molar-refractivity contribution in [3.63, 3.8) is 0 Å². The summed E-state index contributed by atoms with van der Waals surface area (Å²) in [6, 6.07) is 17.7. The van der Waals surface area contributed by atoms with Crippen molar-refractivity contribution in [2.45, 2.75) is 37.8 Å². The summed E-state index contributed by atoms with van der Waals surface area (Å²) in [5.41, 5.74) is 13.8. The number of ether oxygens (including phenoxy) is 1. The minimum absolute atomic E-state index is 0.412. The molecule has 0 saturated carbocycles. The number of hydrogen-bond donors (Lipinski definition) is 2. The van der Waals surface area contributed by atoms with Crippen LogP contribution in [0.5, 0.6) is 0 Å². The topological polar surface area (TPSA) is 95.4 Å². The van der Waals surface area contributed by atoms with E-state index in [1.165, 1.54) is 0 Å². The molecule has 0 heterocycles. The van der Waals surface area contributed by atoms with Gasteiger partial charge < -0.3 is 16.2 Å². The number of carbonyl (C=O) groups is 2. The molecular weight excluding hydrogens is 316 g/mol. The van der Waals surface area contributed by atoms with Crippen molar-refractivity contribution < 1.29 is 14.3 Å². The van der Waals surface area contributed by atoms with E-state index in [9.17, 15) is 9.59 Å². The van der Waals surface area contributed by atoms with Gasteiger partial charge in [0.2, 0.25) is 0 Å². The predicted molar refractivity (Wildman–Crippen MR) is 96.6 cm³/mol. The lowest BCUT2D eigenvalue weighted by Crippen LogP contribution is -2.40. The summed E-state index contributed by atoms with van der Waals surface area (Å²) in [5, 5.41) is 0. The van der Waals surface area contributed by atoms with Crippen LogP contribution in [-0.4, -0.2) is 24.0 Å². The maximum absolute atomic E-state index is 11.9. The van der Waals surface area contributed by atoms with Crippen molar-refractivity contribution in [3.05, 3.63) is 71.8 Å². The largest absolute Gasteiger partial charge is 0.391 e. The minimum Gasteiger partial charge on any atom is -0.391 e. The molecular formula is C20H24N2O3. The van der Waals surface area contributed by atoms with Gasteiger partial charge in [0.15, 0.2) is 0 Å². The third kappa shape index (κ3) is 6.49. The second-order valence-corrected chi connectivity index (χ2v) is 6.00. The summed E-state index contributed by atoms with van der Waals surface area (Å²) in [5.74, 6) is -1.45. The molecule has 0 aliphatic carbocycles. The molecule has 2 atom stereocenters. The summed E-state index contributed by atoms with van der Waals surface area (Å²) in [6.07, 6.45) is 2.11. The highest BCUT2D eigenvalue weighted by Crippen LogP contribution is 2.07. The Morgan fingerprint density at radius 3 is 1.44 bits per heavy atom. The van der Waals surface area contributed by atoms with Gasteiger partial charge in [-0.05, 0) is 36.8 Å². The number of esters is 2. The van der Waals surface area contributed by atoms with Crippen LogP contribution in [-0.2, 0) is 27.2 Å². The fourth-order valence-corrected chi connectivity index (χ4v) is 2.42. The molecule has 2 aromatic carbocycles. The first kappa shape index (κ1) is 18.8. The summed E-state index contributed by atoms with van der Waals surface area (Å²) in [7, 11) is 0. The second-order valence-electron chi connectivity index (χ2n) is 6.00. The van der Waals surface area contributed by atoms with Gasteiger partial charge in [0.1, 0.15) is 12.1 Å². The Kier molecular flexibility index (Phi) is 7.32. The van der Waals surface area contributed by atoms with E-state index in [1.807, 2.05) is 60.7 Å². The SMILES string of the molecule is NC(CCc1ccccc1)C(=O)OC(=O)C(N)CCc1ccccc1. The van der Waals surface area contributed by atoms with Crippen LogP contribution >= 0.6 is 0 Å². The summed E-state index contributed by atoms with van der Waals surface area (Å²) < 4.78 is 4.82. The van der Waals surface area contributed by atoms with Crippen LogP contribution in [0.1, 0.15) is 24.0 Å².